The van der Waals surface area contributed by atoms with Gasteiger partial charge in [-0.15, -0.1) is 0 Å². The second-order valence-electron chi connectivity index (χ2n) is 4.88. The largest absolute Gasteiger partial charge is 0.362 e. The molecule has 0 N–H and O–H groups in total. The SMILES string of the molecule is Cc1ccccc1C(C)S(=O)(=O)C1CCCCO1. The van der Waals surface area contributed by atoms with Gasteiger partial charge in [-0.1, -0.05) is 24.3 Å². The van der Waals surface area contributed by atoms with E-state index in [4.69, 9.17) is 4.74 Å². The lowest BCUT2D eigenvalue weighted by Crippen LogP contribution is -2.31. The summed E-state index contributed by atoms with van der Waals surface area (Å²) in [5.74, 6) is 0. The van der Waals surface area contributed by atoms with Gasteiger partial charge in [0, 0.05) is 6.61 Å². The predicted octanol–water partition coefficient (Wildman–Crippen LogP) is 3.00. The Morgan fingerprint density at radius 2 is 2.00 bits per heavy atom. The fraction of sp³-hybridized carbons (Fsp3) is 0.571. The lowest BCUT2D eigenvalue weighted by Gasteiger charge is -2.26. The molecule has 1 aromatic carbocycles. The van der Waals surface area contributed by atoms with Crippen LogP contribution in [-0.2, 0) is 14.6 Å². The fourth-order valence-corrected chi connectivity index (χ4v) is 4.27. The van der Waals surface area contributed by atoms with E-state index in [9.17, 15) is 8.42 Å². The second kappa shape index (κ2) is 5.41. The zero-order valence-electron chi connectivity index (χ0n) is 10.9. The summed E-state index contributed by atoms with van der Waals surface area (Å²) in [6.07, 6.45) is 2.52. The maximum Gasteiger partial charge on any atom is 0.183 e. The Hall–Kier alpha value is -0.870. The Labute approximate surface area is 109 Å². The average Bonchev–Trinajstić information content (AvgIpc) is 2.39. The minimum atomic E-state index is -3.26. The van der Waals surface area contributed by atoms with Crippen molar-refractivity contribution in [1.29, 1.82) is 0 Å². The molecule has 18 heavy (non-hydrogen) atoms. The molecule has 1 heterocycles. The Bertz CT molecular complexity index is 502. The van der Waals surface area contributed by atoms with Crippen LogP contribution in [0.1, 0.15) is 42.6 Å². The molecule has 2 unspecified atom stereocenters. The monoisotopic (exact) mass is 268 g/mol. The molecule has 0 bridgehead atoms. The molecule has 4 heteroatoms. The van der Waals surface area contributed by atoms with Gasteiger partial charge in [0.2, 0.25) is 0 Å². The first-order valence-corrected chi connectivity index (χ1v) is 8.04. The molecule has 0 radical (unpaired) electrons. The van der Waals surface area contributed by atoms with Gasteiger partial charge in [0.1, 0.15) is 0 Å². The van der Waals surface area contributed by atoms with Crippen molar-refractivity contribution < 1.29 is 13.2 Å². The lowest BCUT2D eigenvalue weighted by molar-refractivity contribution is 0.0655. The van der Waals surface area contributed by atoms with Crippen molar-refractivity contribution in [3.63, 3.8) is 0 Å². The molecule has 2 rings (SSSR count). The molecule has 0 amide bonds. The molecule has 100 valence electrons. The number of benzene rings is 1. The molecule has 1 aromatic rings. The van der Waals surface area contributed by atoms with Crippen LogP contribution in [-0.4, -0.2) is 20.5 Å². The van der Waals surface area contributed by atoms with E-state index in [1.165, 1.54) is 0 Å². The van der Waals surface area contributed by atoms with Crippen molar-refractivity contribution in [3.05, 3.63) is 35.4 Å². The molecular formula is C14H20O3S. The molecule has 1 saturated heterocycles. The molecule has 0 spiro atoms. The van der Waals surface area contributed by atoms with Crippen LogP contribution in [0.3, 0.4) is 0 Å². The molecule has 1 fully saturated rings. The van der Waals surface area contributed by atoms with Gasteiger partial charge in [-0.3, -0.25) is 0 Å². The third-order valence-corrected chi connectivity index (χ3v) is 5.97. The van der Waals surface area contributed by atoms with E-state index in [1.807, 2.05) is 31.2 Å². The standard InChI is InChI=1S/C14H20O3S/c1-11-7-3-4-8-13(11)12(2)18(15,16)14-9-5-6-10-17-14/h3-4,7-8,12,14H,5-6,9-10H2,1-2H3. The minimum Gasteiger partial charge on any atom is -0.362 e. The van der Waals surface area contributed by atoms with E-state index >= 15 is 0 Å². The van der Waals surface area contributed by atoms with Crippen LogP contribution >= 0.6 is 0 Å². The van der Waals surface area contributed by atoms with Crippen LogP contribution in [0.5, 0.6) is 0 Å². The van der Waals surface area contributed by atoms with Crippen LogP contribution < -0.4 is 0 Å². The summed E-state index contributed by atoms with van der Waals surface area (Å²) in [5, 5.41) is -0.498. The molecule has 2 atom stereocenters. The van der Waals surface area contributed by atoms with Gasteiger partial charge in [-0.25, -0.2) is 8.42 Å². The van der Waals surface area contributed by atoms with E-state index in [2.05, 4.69) is 0 Å². The summed E-state index contributed by atoms with van der Waals surface area (Å²) < 4.78 is 30.5. The van der Waals surface area contributed by atoms with Crippen LogP contribution in [0, 0.1) is 6.92 Å². The summed E-state index contributed by atoms with van der Waals surface area (Å²) in [6, 6.07) is 7.65. The van der Waals surface area contributed by atoms with E-state index in [0.717, 1.165) is 24.0 Å². The van der Waals surface area contributed by atoms with Crippen LogP contribution in [0.4, 0.5) is 0 Å². The minimum absolute atomic E-state index is 0.498. The van der Waals surface area contributed by atoms with Gasteiger partial charge in [0.05, 0.1) is 5.25 Å². The molecule has 1 aliphatic rings. The third-order valence-electron chi connectivity index (χ3n) is 3.62. The smallest absolute Gasteiger partial charge is 0.183 e. The maximum atomic E-state index is 12.5. The number of ether oxygens (including phenoxy) is 1. The van der Waals surface area contributed by atoms with Crippen LogP contribution in [0.2, 0.25) is 0 Å². The third kappa shape index (κ3) is 2.59. The summed E-state index contributed by atoms with van der Waals surface area (Å²) in [5.41, 5.74) is 1.27. The quantitative estimate of drug-likeness (QED) is 0.846. The summed E-state index contributed by atoms with van der Waals surface area (Å²) >= 11 is 0. The van der Waals surface area contributed by atoms with E-state index < -0.39 is 20.5 Å². The van der Waals surface area contributed by atoms with Crippen molar-refractivity contribution >= 4 is 9.84 Å². The van der Waals surface area contributed by atoms with Crippen molar-refractivity contribution in [2.45, 2.75) is 43.8 Å². The summed E-state index contributed by atoms with van der Waals surface area (Å²) in [6.45, 7) is 4.27. The zero-order chi connectivity index (χ0) is 13.2. The van der Waals surface area contributed by atoms with Gasteiger partial charge >= 0.3 is 0 Å². The number of hydrogen-bond donors (Lipinski definition) is 0. The zero-order valence-corrected chi connectivity index (χ0v) is 11.7. The number of aryl methyl sites for hydroxylation is 1. The molecule has 0 aliphatic carbocycles. The van der Waals surface area contributed by atoms with Gasteiger partial charge in [-0.2, -0.15) is 0 Å². The predicted molar refractivity (Wildman–Crippen MR) is 72.1 cm³/mol. The molecule has 0 aromatic heterocycles. The highest BCUT2D eigenvalue weighted by molar-refractivity contribution is 7.92. The number of hydrogen-bond acceptors (Lipinski definition) is 3. The first-order chi connectivity index (χ1) is 8.53. The van der Waals surface area contributed by atoms with Gasteiger partial charge in [-0.05, 0) is 44.2 Å². The highest BCUT2D eigenvalue weighted by atomic mass is 32.2. The first-order valence-electron chi connectivity index (χ1n) is 6.43. The summed E-state index contributed by atoms with van der Waals surface area (Å²) in [7, 11) is -3.26. The van der Waals surface area contributed by atoms with Crippen molar-refractivity contribution in [2.75, 3.05) is 6.61 Å². The molecule has 0 saturated carbocycles. The summed E-state index contributed by atoms with van der Waals surface area (Å²) in [4.78, 5) is 0. The van der Waals surface area contributed by atoms with E-state index in [0.29, 0.717) is 13.0 Å². The Kier molecular flexibility index (Phi) is 4.07. The maximum absolute atomic E-state index is 12.5. The Morgan fingerprint density at radius 3 is 2.61 bits per heavy atom. The lowest BCUT2D eigenvalue weighted by atomic mass is 10.1. The van der Waals surface area contributed by atoms with Crippen molar-refractivity contribution in [2.24, 2.45) is 0 Å². The molecule has 3 nitrogen and oxygen atoms in total. The molecular weight excluding hydrogens is 248 g/mol. The van der Waals surface area contributed by atoms with Crippen LogP contribution in [0.15, 0.2) is 24.3 Å². The van der Waals surface area contributed by atoms with E-state index in [-0.39, 0.29) is 0 Å². The number of rotatable bonds is 3. The number of sulfone groups is 1. The van der Waals surface area contributed by atoms with Gasteiger partial charge in [0.25, 0.3) is 0 Å². The van der Waals surface area contributed by atoms with Crippen LogP contribution in [0.25, 0.3) is 0 Å². The Balaban J connectivity index is 2.27. The fourth-order valence-electron chi connectivity index (χ4n) is 2.42. The first kappa shape index (κ1) is 13.6. The normalized spacial score (nSPS) is 22.7. The molecule has 1 aliphatic heterocycles. The highest BCUT2D eigenvalue weighted by Crippen LogP contribution is 2.31. The van der Waals surface area contributed by atoms with Gasteiger partial charge < -0.3 is 4.74 Å². The topological polar surface area (TPSA) is 43.4 Å². The average molecular weight is 268 g/mol. The second-order valence-corrected chi connectivity index (χ2v) is 7.29. The van der Waals surface area contributed by atoms with Crippen molar-refractivity contribution in [1.82, 2.24) is 0 Å². The van der Waals surface area contributed by atoms with Gasteiger partial charge in [0.15, 0.2) is 15.3 Å². The van der Waals surface area contributed by atoms with E-state index in [1.54, 1.807) is 6.92 Å². The van der Waals surface area contributed by atoms with Crippen molar-refractivity contribution in [3.8, 4) is 0 Å². The highest BCUT2D eigenvalue weighted by Gasteiger charge is 2.34. The Morgan fingerprint density at radius 1 is 1.28 bits per heavy atom.